The van der Waals surface area contributed by atoms with Crippen LogP contribution in [-0.4, -0.2) is 12.6 Å². The van der Waals surface area contributed by atoms with Crippen LogP contribution in [-0.2, 0) is 6.54 Å². The molecule has 0 aliphatic rings. The van der Waals surface area contributed by atoms with Crippen LogP contribution in [0.15, 0.2) is 40.8 Å². The number of nitrogens with two attached hydrogens (primary N) is 1. The Labute approximate surface area is 140 Å². The fraction of sp³-hybridized carbons (Fsp3) is 0.316. The van der Waals surface area contributed by atoms with E-state index >= 15 is 0 Å². The van der Waals surface area contributed by atoms with Crippen molar-refractivity contribution in [1.29, 1.82) is 0 Å². The van der Waals surface area contributed by atoms with Crippen molar-refractivity contribution in [3.8, 4) is 5.75 Å². The minimum Gasteiger partial charge on any atom is -0.456 e. The van der Waals surface area contributed by atoms with Crippen LogP contribution in [0.25, 0.3) is 21.9 Å². The molecule has 3 aromatic rings. The summed E-state index contributed by atoms with van der Waals surface area (Å²) in [5, 5.41) is 5.37. The van der Waals surface area contributed by atoms with Gasteiger partial charge in [0.2, 0.25) is 0 Å². The van der Waals surface area contributed by atoms with E-state index in [0.717, 1.165) is 41.4 Å². The summed E-state index contributed by atoms with van der Waals surface area (Å²) < 4.78 is 10.8. The predicted octanol–water partition coefficient (Wildman–Crippen LogP) is 4.18. The fourth-order valence-corrected chi connectivity index (χ4v) is 2.72. The van der Waals surface area contributed by atoms with E-state index in [1.165, 1.54) is 5.56 Å². The maximum Gasteiger partial charge on any atom is 0.409 e. The Bertz CT molecular complexity index is 868. The molecule has 5 heteroatoms. The van der Waals surface area contributed by atoms with Gasteiger partial charge in [-0.25, -0.2) is 4.79 Å². The van der Waals surface area contributed by atoms with Gasteiger partial charge in [0, 0.05) is 17.3 Å². The highest BCUT2D eigenvalue weighted by atomic mass is 16.5. The molecule has 0 saturated carbocycles. The monoisotopic (exact) mass is 326 g/mol. The molecule has 0 atom stereocenters. The van der Waals surface area contributed by atoms with E-state index in [4.69, 9.17) is 14.9 Å². The number of ether oxygens (including phenoxy) is 1. The molecular weight excluding hydrogens is 304 g/mol. The van der Waals surface area contributed by atoms with Crippen LogP contribution in [0.3, 0.4) is 0 Å². The third-order valence-corrected chi connectivity index (χ3v) is 3.95. The van der Waals surface area contributed by atoms with E-state index in [1.807, 2.05) is 6.07 Å². The van der Waals surface area contributed by atoms with Crippen molar-refractivity contribution >= 4 is 28.0 Å². The first-order valence-corrected chi connectivity index (χ1v) is 8.16. The van der Waals surface area contributed by atoms with Gasteiger partial charge in [-0.05, 0) is 54.8 Å². The average Bonchev–Trinajstić information content (AvgIpc) is 2.88. The molecule has 3 N–H and O–H groups in total. The molecule has 1 amide bonds. The van der Waals surface area contributed by atoms with Crippen LogP contribution < -0.4 is 15.8 Å². The van der Waals surface area contributed by atoms with Gasteiger partial charge in [0.25, 0.3) is 0 Å². The van der Waals surface area contributed by atoms with Crippen molar-refractivity contribution in [2.75, 3.05) is 6.54 Å². The number of hydrogen-bond donors (Lipinski definition) is 2. The van der Waals surface area contributed by atoms with Gasteiger partial charge in [0.05, 0.1) is 0 Å². The summed E-state index contributed by atoms with van der Waals surface area (Å²) in [7, 11) is 0. The largest absolute Gasteiger partial charge is 0.456 e. The first-order chi connectivity index (χ1) is 11.5. The number of carbonyl (C=O) groups is 1. The molecule has 5 nitrogen and oxygen atoms in total. The lowest BCUT2D eigenvalue weighted by molar-refractivity contribution is 0.211. The molecule has 0 aliphatic heterocycles. The fourth-order valence-electron chi connectivity index (χ4n) is 2.72. The topological polar surface area (TPSA) is 77.5 Å². The van der Waals surface area contributed by atoms with Crippen molar-refractivity contribution in [3.05, 3.63) is 42.0 Å². The van der Waals surface area contributed by atoms with Crippen LogP contribution in [0.4, 0.5) is 4.79 Å². The first kappa shape index (κ1) is 16.3. The summed E-state index contributed by atoms with van der Waals surface area (Å²) in [4.78, 5) is 10.9. The lowest BCUT2D eigenvalue weighted by Crippen LogP contribution is -2.16. The number of fused-ring (bicyclic) bond motifs is 3. The molecule has 1 heterocycles. The van der Waals surface area contributed by atoms with Crippen molar-refractivity contribution in [2.45, 2.75) is 26.8 Å². The second-order valence-corrected chi connectivity index (χ2v) is 6.37. The molecule has 0 bridgehead atoms. The van der Waals surface area contributed by atoms with E-state index < -0.39 is 6.09 Å². The van der Waals surface area contributed by atoms with Crippen LogP contribution in [0.5, 0.6) is 5.75 Å². The maximum atomic E-state index is 10.9. The zero-order valence-electron chi connectivity index (χ0n) is 14.0. The highest BCUT2D eigenvalue weighted by molar-refractivity contribution is 6.05. The van der Waals surface area contributed by atoms with Gasteiger partial charge in [-0.1, -0.05) is 19.9 Å². The Kier molecular flexibility index (Phi) is 4.71. The summed E-state index contributed by atoms with van der Waals surface area (Å²) in [6, 6.07) is 11.4. The van der Waals surface area contributed by atoms with Gasteiger partial charge in [-0.2, -0.15) is 0 Å². The number of rotatable bonds is 6. The van der Waals surface area contributed by atoms with Crippen LogP contribution in [0, 0.1) is 5.92 Å². The number of amides is 1. The lowest BCUT2D eigenvalue weighted by Gasteiger charge is -2.07. The quantitative estimate of drug-likeness (QED) is 0.666. The van der Waals surface area contributed by atoms with Gasteiger partial charge in [-0.15, -0.1) is 0 Å². The Hall–Kier alpha value is -2.53. The van der Waals surface area contributed by atoms with E-state index in [-0.39, 0.29) is 0 Å². The van der Waals surface area contributed by atoms with Crippen molar-refractivity contribution in [2.24, 2.45) is 11.7 Å². The Morgan fingerprint density at radius 3 is 2.58 bits per heavy atom. The average molecular weight is 326 g/mol. The van der Waals surface area contributed by atoms with Crippen molar-refractivity contribution in [3.63, 3.8) is 0 Å². The standard InChI is InChI=1S/C19H22N2O3/c1-12(2)7-8-21-11-13-3-5-17-15(9-13)16-10-14(23-19(20)22)4-6-18(16)24-17/h3-6,9-10,12,21H,7-8,11H2,1-2H3,(H2,20,22). The van der Waals surface area contributed by atoms with E-state index in [9.17, 15) is 4.79 Å². The number of nitrogens with one attached hydrogen (secondary N) is 1. The number of benzene rings is 2. The van der Waals surface area contributed by atoms with Gasteiger partial charge in [0.15, 0.2) is 0 Å². The van der Waals surface area contributed by atoms with Gasteiger partial charge >= 0.3 is 6.09 Å². The second-order valence-electron chi connectivity index (χ2n) is 6.37. The molecule has 0 fully saturated rings. The zero-order valence-corrected chi connectivity index (χ0v) is 14.0. The summed E-state index contributed by atoms with van der Waals surface area (Å²) in [5.41, 5.74) is 7.84. The van der Waals surface area contributed by atoms with E-state index in [1.54, 1.807) is 18.2 Å². The second kappa shape index (κ2) is 6.93. The summed E-state index contributed by atoms with van der Waals surface area (Å²) >= 11 is 0. The molecule has 0 unspecified atom stereocenters. The summed E-state index contributed by atoms with van der Waals surface area (Å²) in [6.45, 7) is 6.25. The number of hydrogen-bond acceptors (Lipinski definition) is 4. The van der Waals surface area contributed by atoms with Crippen LogP contribution >= 0.6 is 0 Å². The third kappa shape index (κ3) is 3.68. The molecule has 0 aliphatic carbocycles. The van der Waals surface area contributed by atoms with Crippen molar-refractivity contribution < 1.29 is 13.9 Å². The minimum atomic E-state index is -0.822. The summed E-state index contributed by atoms with van der Waals surface area (Å²) in [5.74, 6) is 1.11. The van der Waals surface area contributed by atoms with Gasteiger partial charge < -0.3 is 20.2 Å². The van der Waals surface area contributed by atoms with Crippen LogP contribution in [0.2, 0.25) is 0 Å². The zero-order chi connectivity index (χ0) is 17.1. The Morgan fingerprint density at radius 2 is 1.88 bits per heavy atom. The molecule has 24 heavy (non-hydrogen) atoms. The van der Waals surface area contributed by atoms with Gasteiger partial charge in [-0.3, -0.25) is 0 Å². The maximum absolute atomic E-state index is 10.9. The smallest absolute Gasteiger partial charge is 0.409 e. The Balaban J connectivity index is 1.86. The number of carbonyl (C=O) groups excluding carboxylic acids is 1. The number of primary amides is 1. The Morgan fingerprint density at radius 1 is 1.17 bits per heavy atom. The molecule has 3 rings (SSSR count). The van der Waals surface area contributed by atoms with E-state index in [2.05, 4.69) is 31.3 Å². The highest BCUT2D eigenvalue weighted by Gasteiger charge is 2.10. The van der Waals surface area contributed by atoms with Gasteiger partial charge in [0.1, 0.15) is 16.9 Å². The van der Waals surface area contributed by atoms with E-state index in [0.29, 0.717) is 11.7 Å². The molecular formula is C19H22N2O3. The molecule has 1 aromatic heterocycles. The normalized spacial score (nSPS) is 11.5. The molecule has 2 aromatic carbocycles. The molecule has 0 radical (unpaired) electrons. The first-order valence-electron chi connectivity index (χ1n) is 8.16. The lowest BCUT2D eigenvalue weighted by atomic mass is 10.1. The minimum absolute atomic E-state index is 0.415. The van der Waals surface area contributed by atoms with Crippen LogP contribution in [0.1, 0.15) is 25.8 Å². The summed E-state index contributed by atoms with van der Waals surface area (Å²) in [6.07, 6.45) is 0.335. The molecule has 0 spiro atoms. The predicted molar refractivity (Wildman–Crippen MR) is 95.1 cm³/mol. The SMILES string of the molecule is CC(C)CCNCc1ccc2oc3ccc(OC(N)=O)cc3c2c1. The molecule has 126 valence electrons. The molecule has 0 saturated heterocycles. The number of furan rings is 1. The highest BCUT2D eigenvalue weighted by Crippen LogP contribution is 2.32. The van der Waals surface area contributed by atoms with Crippen molar-refractivity contribution in [1.82, 2.24) is 5.32 Å². The third-order valence-electron chi connectivity index (χ3n) is 3.95.